The molecule has 0 aliphatic heterocycles. The molecule has 8 nitrogen and oxygen atoms in total. The number of aromatic nitrogens is 6. The molecule has 154 valence electrons. The number of rotatable bonds is 3. The van der Waals surface area contributed by atoms with E-state index in [1.165, 1.54) is 0 Å². The molecule has 0 bridgehead atoms. The number of benzene rings is 2. The zero-order chi connectivity index (χ0) is 21.7. The number of imidazole rings is 1. The first-order valence-electron chi connectivity index (χ1n) is 9.65. The minimum atomic E-state index is -0.121. The van der Waals surface area contributed by atoms with Crippen molar-refractivity contribution in [2.45, 2.75) is 20.4 Å². The van der Waals surface area contributed by atoms with E-state index >= 15 is 0 Å². The zero-order valence-electron chi connectivity index (χ0n) is 16.9. The number of halogens is 1. The van der Waals surface area contributed by atoms with Crippen molar-refractivity contribution in [3.63, 3.8) is 0 Å². The third-order valence-electron chi connectivity index (χ3n) is 5.28. The standard InChI is InChI=1S/C22H18ClN7O/c1-12-6-3-4-9-15(12)30-16(26-14-8-5-7-13(2)17(14)21(30)31)10-29-11-25-18-19(23)27-22(24)28-20(18)29/h3-9,11H,10H2,1-2H3,(H2,24,27,28). The number of aryl methyl sites for hydroxylation is 2. The number of nitrogens with two attached hydrogens (primary N) is 1. The van der Waals surface area contributed by atoms with Crippen LogP contribution >= 0.6 is 11.6 Å². The summed E-state index contributed by atoms with van der Waals surface area (Å²) in [7, 11) is 0. The molecule has 0 atom stereocenters. The first-order chi connectivity index (χ1) is 14.9. The second-order valence-electron chi connectivity index (χ2n) is 7.34. The number of hydrogen-bond donors (Lipinski definition) is 1. The lowest BCUT2D eigenvalue weighted by atomic mass is 10.1. The molecule has 5 aromatic rings. The van der Waals surface area contributed by atoms with Crippen LogP contribution in [0.5, 0.6) is 0 Å². The van der Waals surface area contributed by atoms with Crippen molar-refractivity contribution in [1.29, 1.82) is 0 Å². The van der Waals surface area contributed by atoms with Crippen LogP contribution in [-0.4, -0.2) is 29.1 Å². The Hall–Kier alpha value is -3.78. The molecule has 0 fully saturated rings. The van der Waals surface area contributed by atoms with Gasteiger partial charge in [0.2, 0.25) is 5.95 Å². The van der Waals surface area contributed by atoms with Crippen molar-refractivity contribution in [2.75, 3.05) is 5.73 Å². The van der Waals surface area contributed by atoms with Crippen LogP contribution in [0.3, 0.4) is 0 Å². The van der Waals surface area contributed by atoms with E-state index in [0.29, 0.717) is 27.9 Å². The maximum absolute atomic E-state index is 13.7. The summed E-state index contributed by atoms with van der Waals surface area (Å²) in [5.74, 6) is 0.600. The summed E-state index contributed by atoms with van der Waals surface area (Å²) in [6.07, 6.45) is 1.60. The van der Waals surface area contributed by atoms with Crippen LogP contribution in [-0.2, 0) is 6.54 Å². The Labute approximate surface area is 182 Å². The normalized spacial score (nSPS) is 11.5. The average molecular weight is 432 g/mol. The van der Waals surface area contributed by atoms with E-state index in [4.69, 9.17) is 22.3 Å². The molecule has 3 heterocycles. The van der Waals surface area contributed by atoms with Gasteiger partial charge in [0, 0.05) is 0 Å². The highest BCUT2D eigenvalue weighted by Gasteiger charge is 2.18. The summed E-state index contributed by atoms with van der Waals surface area (Å²) in [4.78, 5) is 31.0. The number of para-hydroxylation sites is 1. The lowest BCUT2D eigenvalue weighted by Crippen LogP contribution is -2.26. The van der Waals surface area contributed by atoms with Crippen molar-refractivity contribution >= 4 is 39.6 Å². The van der Waals surface area contributed by atoms with Crippen LogP contribution in [0.15, 0.2) is 53.6 Å². The lowest BCUT2D eigenvalue weighted by Gasteiger charge is -2.16. The molecule has 9 heteroatoms. The summed E-state index contributed by atoms with van der Waals surface area (Å²) in [6.45, 7) is 4.13. The van der Waals surface area contributed by atoms with Gasteiger partial charge in [0.15, 0.2) is 10.8 Å². The van der Waals surface area contributed by atoms with Gasteiger partial charge in [0.05, 0.1) is 29.5 Å². The van der Waals surface area contributed by atoms with E-state index in [-0.39, 0.29) is 23.2 Å². The summed E-state index contributed by atoms with van der Waals surface area (Å²) < 4.78 is 3.42. The molecule has 2 N–H and O–H groups in total. The van der Waals surface area contributed by atoms with E-state index < -0.39 is 0 Å². The van der Waals surface area contributed by atoms with E-state index in [2.05, 4.69) is 15.0 Å². The molecule has 0 aliphatic rings. The van der Waals surface area contributed by atoms with Crippen LogP contribution < -0.4 is 11.3 Å². The van der Waals surface area contributed by atoms with E-state index in [1.54, 1.807) is 15.5 Å². The highest BCUT2D eigenvalue weighted by Crippen LogP contribution is 2.22. The Balaban J connectivity index is 1.80. The summed E-state index contributed by atoms with van der Waals surface area (Å²) in [5, 5.41) is 0.777. The molecule has 0 amide bonds. The number of anilines is 1. The third-order valence-corrected chi connectivity index (χ3v) is 5.55. The first kappa shape index (κ1) is 19.2. The largest absolute Gasteiger partial charge is 0.368 e. The Morgan fingerprint density at radius 2 is 1.77 bits per heavy atom. The lowest BCUT2D eigenvalue weighted by molar-refractivity contribution is 0.717. The number of nitrogens with zero attached hydrogens (tertiary/aromatic N) is 6. The number of fused-ring (bicyclic) bond motifs is 2. The van der Waals surface area contributed by atoms with Crippen molar-refractivity contribution in [2.24, 2.45) is 0 Å². The van der Waals surface area contributed by atoms with Crippen molar-refractivity contribution in [3.05, 3.63) is 81.3 Å². The van der Waals surface area contributed by atoms with Crippen LogP contribution in [0.1, 0.15) is 17.0 Å². The fraction of sp³-hybridized carbons (Fsp3) is 0.136. The molecule has 2 aromatic carbocycles. The van der Waals surface area contributed by atoms with Gasteiger partial charge in [-0.05, 0) is 37.1 Å². The predicted molar refractivity (Wildman–Crippen MR) is 121 cm³/mol. The molecular formula is C22H18ClN7O. The summed E-state index contributed by atoms with van der Waals surface area (Å²) in [5.41, 5.74) is 9.84. The molecule has 5 rings (SSSR count). The van der Waals surface area contributed by atoms with Gasteiger partial charge in [0.1, 0.15) is 11.3 Å². The minimum Gasteiger partial charge on any atom is -0.368 e. The van der Waals surface area contributed by atoms with Crippen molar-refractivity contribution < 1.29 is 0 Å². The Morgan fingerprint density at radius 3 is 2.58 bits per heavy atom. The zero-order valence-corrected chi connectivity index (χ0v) is 17.6. The molecule has 0 spiro atoms. The minimum absolute atomic E-state index is 0.0534. The van der Waals surface area contributed by atoms with Gasteiger partial charge in [-0.1, -0.05) is 41.9 Å². The van der Waals surface area contributed by atoms with Gasteiger partial charge in [-0.3, -0.25) is 9.36 Å². The topological polar surface area (TPSA) is 105 Å². The van der Waals surface area contributed by atoms with Gasteiger partial charge < -0.3 is 10.3 Å². The number of hydrogen-bond acceptors (Lipinski definition) is 6. The summed E-state index contributed by atoms with van der Waals surface area (Å²) in [6, 6.07) is 13.4. The molecule has 0 aliphatic carbocycles. The maximum atomic E-state index is 13.7. The monoisotopic (exact) mass is 431 g/mol. The average Bonchev–Trinajstić information content (AvgIpc) is 3.12. The molecule has 0 saturated heterocycles. The Morgan fingerprint density at radius 1 is 1.00 bits per heavy atom. The van der Waals surface area contributed by atoms with Crippen LogP contribution in [0, 0.1) is 13.8 Å². The Kier molecular flexibility index (Phi) is 4.44. The van der Waals surface area contributed by atoms with Gasteiger partial charge >= 0.3 is 0 Å². The predicted octanol–water partition coefficient (Wildman–Crippen LogP) is 3.43. The van der Waals surface area contributed by atoms with E-state index in [9.17, 15) is 4.79 Å². The molecule has 3 aromatic heterocycles. The smallest absolute Gasteiger partial charge is 0.266 e. The molecule has 0 radical (unpaired) electrons. The quantitative estimate of drug-likeness (QED) is 0.439. The van der Waals surface area contributed by atoms with Gasteiger partial charge in [0.25, 0.3) is 5.56 Å². The fourth-order valence-electron chi connectivity index (χ4n) is 3.80. The van der Waals surface area contributed by atoms with Crippen LogP contribution in [0.2, 0.25) is 5.15 Å². The van der Waals surface area contributed by atoms with Crippen LogP contribution in [0.4, 0.5) is 5.95 Å². The number of nitrogen functional groups attached to an aromatic ring is 1. The molecular weight excluding hydrogens is 414 g/mol. The maximum Gasteiger partial charge on any atom is 0.266 e. The van der Waals surface area contributed by atoms with Gasteiger partial charge in [-0.15, -0.1) is 0 Å². The Bertz CT molecular complexity index is 1540. The highest BCUT2D eigenvalue weighted by molar-refractivity contribution is 6.33. The second kappa shape index (κ2) is 7.17. The first-order valence-corrected chi connectivity index (χ1v) is 10.0. The van der Waals surface area contributed by atoms with Crippen LogP contribution in [0.25, 0.3) is 27.8 Å². The van der Waals surface area contributed by atoms with Crippen molar-refractivity contribution in [1.82, 2.24) is 29.1 Å². The summed E-state index contributed by atoms with van der Waals surface area (Å²) >= 11 is 6.17. The van der Waals surface area contributed by atoms with Gasteiger partial charge in [-0.2, -0.15) is 9.97 Å². The van der Waals surface area contributed by atoms with Gasteiger partial charge in [-0.25, -0.2) is 9.97 Å². The molecule has 0 saturated carbocycles. The third kappa shape index (κ3) is 3.12. The highest BCUT2D eigenvalue weighted by atomic mass is 35.5. The van der Waals surface area contributed by atoms with Crippen molar-refractivity contribution in [3.8, 4) is 5.69 Å². The van der Waals surface area contributed by atoms with E-state index in [0.717, 1.165) is 16.8 Å². The molecule has 31 heavy (non-hydrogen) atoms. The molecule has 0 unspecified atom stereocenters. The fourth-order valence-corrected chi connectivity index (χ4v) is 4.02. The van der Waals surface area contributed by atoms with E-state index in [1.807, 2.05) is 56.3 Å². The SMILES string of the molecule is Cc1ccccc1-n1c(Cn2cnc3c(Cl)nc(N)nc32)nc2cccc(C)c2c1=O. The second-order valence-corrected chi connectivity index (χ2v) is 7.70.